The molecule has 0 amide bonds. The molecule has 29 heavy (non-hydrogen) atoms. The average molecular weight is 420 g/mol. The van der Waals surface area contributed by atoms with Crippen molar-refractivity contribution in [2.24, 2.45) is 5.92 Å². The maximum atomic E-state index is 11.2. The van der Waals surface area contributed by atoms with Crippen LogP contribution in [0.15, 0.2) is 24.7 Å². The Hall–Kier alpha value is -2.39. The average Bonchev–Trinajstić information content (AvgIpc) is 3.15. The van der Waals surface area contributed by atoms with Crippen LogP contribution in [0.2, 0.25) is 0 Å². The van der Waals surface area contributed by atoms with Gasteiger partial charge >= 0.3 is 0 Å². The first-order valence-corrected chi connectivity index (χ1v) is 11.4. The second kappa shape index (κ2) is 7.79. The predicted octanol–water partition coefficient (Wildman–Crippen LogP) is 3.31. The minimum Gasteiger partial charge on any atom is -0.493 e. The molecule has 0 saturated heterocycles. The number of hydrogen-bond acceptors (Lipinski definition) is 7. The van der Waals surface area contributed by atoms with Crippen LogP contribution in [0.25, 0.3) is 21.9 Å². The molecule has 0 atom stereocenters. The number of benzene rings is 1. The van der Waals surface area contributed by atoms with Crippen molar-refractivity contribution in [3.8, 4) is 11.5 Å². The number of hydrogen-bond donors (Lipinski definition) is 0. The molecule has 2 heterocycles. The van der Waals surface area contributed by atoms with Crippen LogP contribution in [0.3, 0.4) is 0 Å². The van der Waals surface area contributed by atoms with E-state index in [9.17, 15) is 8.42 Å². The maximum Gasteiger partial charge on any atom is 0.264 e. The molecule has 1 aliphatic carbocycles. The second-order valence-electron chi connectivity index (χ2n) is 7.53. The number of pyridine rings is 1. The number of aromatic nitrogens is 3. The van der Waals surface area contributed by atoms with Crippen LogP contribution in [-0.4, -0.2) is 50.0 Å². The molecule has 1 aliphatic rings. The Morgan fingerprint density at radius 2 is 1.72 bits per heavy atom. The second-order valence-corrected chi connectivity index (χ2v) is 9.18. The monoisotopic (exact) mass is 419 g/mol. The van der Waals surface area contributed by atoms with Crippen molar-refractivity contribution in [3.63, 3.8) is 0 Å². The summed E-state index contributed by atoms with van der Waals surface area (Å²) in [5.41, 5.74) is 2.70. The number of imidazole rings is 1. The molecule has 0 unspecified atom stereocenters. The van der Waals surface area contributed by atoms with Crippen LogP contribution < -0.4 is 9.47 Å². The third-order valence-electron chi connectivity index (χ3n) is 5.63. The largest absolute Gasteiger partial charge is 0.493 e. The number of ether oxygens (including phenoxy) is 2. The minimum absolute atomic E-state index is 0.263. The van der Waals surface area contributed by atoms with Gasteiger partial charge < -0.3 is 14.0 Å². The van der Waals surface area contributed by atoms with Crippen LogP contribution in [0.4, 0.5) is 0 Å². The number of methoxy groups -OCH3 is 2. The third kappa shape index (κ3) is 4.02. The zero-order valence-electron chi connectivity index (χ0n) is 16.8. The highest BCUT2D eigenvalue weighted by molar-refractivity contribution is 7.85. The first kappa shape index (κ1) is 19.9. The van der Waals surface area contributed by atoms with E-state index in [1.807, 2.05) is 18.5 Å². The molecule has 3 aromatic rings. The molecule has 8 nitrogen and oxygen atoms in total. The highest BCUT2D eigenvalue weighted by Crippen LogP contribution is 2.38. The molecular formula is C20H25N3O5S. The summed E-state index contributed by atoms with van der Waals surface area (Å²) in [6.45, 7) is 0.264. The van der Waals surface area contributed by atoms with Crippen molar-refractivity contribution in [3.05, 3.63) is 24.7 Å². The summed E-state index contributed by atoms with van der Waals surface area (Å²) in [4.78, 5) is 9.08. The van der Waals surface area contributed by atoms with Gasteiger partial charge in [-0.1, -0.05) is 0 Å². The number of rotatable bonds is 6. The predicted molar refractivity (Wildman–Crippen MR) is 110 cm³/mol. The zero-order valence-corrected chi connectivity index (χ0v) is 17.6. The standard InChI is InChI=1S/C20H25N3O5S/c1-26-18-8-15-16(9-19(18)27-2)21-10-17-20(15)23(12-22-17)14-6-4-13(5-7-14)11-28-29(3,24)25/h8-10,12-14H,4-7,11H2,1-3H3. The molecule has 0 radical (unpaired) electrons. The van der Waals surface area contributed by atoms with Crippen molar-refractivity contribution >= 4 is 32.1 Å². The van der Waals surface area contributed by atoms with E-state index >= 15 is 0 Å². The number of fused-ring (bicyclic) bond motifs is 3. The number of nitrogens with zero attached hydrogens (tertiary/aromatic N) is 3. The Morgan fingerprint density at radius 3 is 2.38 bits per heavy atom. The van der Waals surface area contributed by atoms with Gasteiger partial charge in [0.2, 0.25) is 0 Å². The normalized spacial score (nSPS) is 20.2. The van der Waals surface area contributed by atoms with Crippen molar-refractivity contribution < 1.29 is 22.1 Å². The van der Waals surface area contributed by atoms with E-state index < -0.39 is 10.1 Å². The summed E-state index contributed by atoms with van der Waals surface area (Å²) in [7, 11) is -0.161. The lowest BCUT2D eigenvalue weighted by Crippen LogP contribution is -2.22. The van der Waals surface area contributed by atoms with Crippen LogP contribution in [0, 0.1) is 5.92 Å². The summed E-state index contributed by atoms with van der Waals surface area (Å²) < 4.78 is 40.6. The van der Waals surface area contributed by atoms with Crippen molar-refractivity contribution in [1.82, 2.24) is 14.5 Å². The quantitative estimate of drug-likeness (QED) is 0.566. The minimum atomic E-state index is -3.39. The fourth-order valence-corrected chi connectivity index (χ4v) is 4.57. The van der Waals surface area contributed by atoms with Crippen LogP contribution >= 0.6 is 0 Å². The van der Waals surface area contributed by atoms with Gasteiger partial charge in [0, 0.05) is 17.5 Å². The van der Waals surface area contributed by atoms with Crippen molar-refractivity contribution in [2.45, 2.75) is 31.7 Å². The van der Waals surface area contributed by atoms with Gasteiger partial charge in [0.15, 0.2) is 11.5 Å². The molecule has 0 aliphatic heterocycles. The smallest absolute Gasteiger partial charge is 0.264 e. The van der Waals surface area contributed by atoms with Gasteiger partial charge in [-0.2, -0.15) is 8.42 Å². The van der Waals surface area contributed by atoms with Crippen molar-refractivity contribution in [1.29, 1.82) is 0 Å². The summed E-state index contributed by atoms with van der Waals surface area (Å²) in [6.07, 6.45) is 8.48. The Morgan fingerprint density at radius 1 is 1.03 bits per heavy atom. The van der Waals surface area contributed by atoms with E-state index in [-0.39, 0.29) is 12.5 Å². The summed E-state index contributed by atoms with van der Waals surface area (Å²) in [6, 6.07) is 4.13. The summed E-state index contributed by atoms with van der Waals surface area (Å²) in [5, 5.41) is 0.972. The van der Waals surface area contributed by atoms with E-state index in [0.717, 1.165) is 53.9 Å². The topological polar surface area (TPSA) is 92.5 Å². The molecule has 0 N–H and O–H groups in total. The highest BCUT2D eigenvalue weighted by Gasteiger charge is 2.25. The van der Waals surface area contributed by atoms with Gasteiger partial charge in [0.1, 0.15) is 5.52 Å². The Bertz CT molecular complexity index is 1130. The van der Waals surface area contributed by atoms with E-state index in [2.05, 4.69) is 14.5 Å². The van der Waals surface area contributed by atoms with Gasteiger partial charge in [-0.3, -0.25) is 9.17 Å². The van der Waals surface area contributed by atoms with Crippen LogP contribution in [-0.2, 0) is 14.3 Å². The molecule has 2 aromatic heterocycles. The van der Waals surface area contributed by atoms with Crippen molar-refractivity contribution in [2.75, 3.05) is 27.1 Å². The lowest BCUT2D eigenvalue weighted by molar-refractivity contribution is 0.191. The third-order valence-corrected chi connectivity index (χ3v) is 6.20. The molecule has 0 bridgehead atoms. The summed E-state index contributed by atoms with van der Waals surface area (Å²) in [5.74, 6) is 1.56. The van der Waals surface area contributed by atoms with Crippen LogP contribution in [0.1, 0.15) is 31.7 Å². The SMILES string of the molecule is COc1cc2ncc3ncn(C4CCC(COS(C)(=O)=O)CC4)c3c2cc1OC. The van der Waals surface area contributed by atoms with Gasteiger partial charge in [-0.05, 0) is 37.7 Å². The fraction of sp³-hybridized carbons (Fsp3) is 0.500. The van der Waals surface area contributed by atoms with Gasteiger partial charge in [0.25, 0.3) is 10.1 Å². The van der Waals surface area contributed by atoms with Crippen LogP contribution in [0.5, 0.6) is 11.5 Å². The Labute approximate surface area is 169 Å². The fourth-order valence-electron chi connectivity index (χ4n) is 4.13. The van der Waals surface area contributed by atoms with E-state index in [1.54, 1.807) is 20.4 Å². The maximum absolute atomic E-state index is 11.2. The van der Waals surface area contributed by atoms with E-state index in [1.165, 1.54) is 0 Å². The van der Waals surface area contributed by atoms with E-state index in [4.69, 9.17) is 13.7 Å². The zero-order chi connectivity index (χ0) is 20.6. The first-order valence-electron chi connectivity index (χ1n) is 9.61. The molecule has 1 aromatic carbocycles. The molecule has 156 valence electrons. The highest BCUT2D eigenvalue weighted by atomic mass is 32.2. The molecule has 9 heteroatoms. The molecule has 4 rings (SSSR count). The van der Waals surface area contributed by atoms with Gasteiger partial charge in [0.05, 0.1) is 50.6 Å². The molecule has 0 spiro atoms. The summed E-state index contributed by atoms with van der Waals surface area (Å²) >= 11 is 0. The first-order chi connectivity index (χ1) is 13.9. The molecule has 1 fully saturated rings. The van der Waals surface area contributed by atoms with E-state index in [0.29, 0.717) is 17.5 Å². The molecular weight excluding hydrogens is 394 g/mol. The lowest BCUT2D eigenvalue weighted by atomic mass is 9.86. The lowest BCUT2D eigenvalue weighted by Gasteiger charge is -2.29. The van der Waals surface area contributed by atoms with Gasteiger partial charge in [-0.15, -0.1) is 0 Å². The Balaban J connectivity index is 1.64. The Kier molecular flexibility index (Phi) is 5.35. The van der Waals surface area contributed by atoms with Gasteiger partial charge in [-0.25, -0.2) is 4.98 Å². The molecule has 1 saturated carbocycles.